The van der Waals surface area contributed by atoms with E-state index in [9.17, 15) is 4.79 Å². The summed E-state index contributed by atoms with van der Waals surface area (Å²) in [5.74, 6) is 1.29. The van der Waals surface area contributed by atoms with Gasteiger partial charge in [0.25, 0.3) is 0 Å². The molecule has 0 bridgehead atoms. The summed E-state index contributed by atoms with van der Waals surface area (Å²) >= 11 is 0. The van der Waals surface area contributed by atoms with Crippen molar-refractivity contribution in [2.75, 3.05) is 7.11 Å². The van der Waals surface area contributed by atoms with Crippen molar-refractivity contribution < 1.29 is 9.53 Å². The molecule has 0 saturated heterocycles. The molecule has 4 nitrogen and oxygen atoms in total. The van der Waals surface area contributed by atoms with E-state index < -0.39 is 0 Å². The highest BCUT2D eigenvalue weighted by Gasteiger charge is 2.15. The number of hydrogen-bond donors (Lipinski definition) is 0. The van der Waals surface area contributed by atoms with Crippen molar-refractivity contribution in [1.82, 2.24) is 9.97 Å². The second-order valence-corrected chi connectivity index (χ2v) is 4.45. The average Bonchev–Trinajstić information content (AvgIpc) is 2.40. The summed E-state index contributed by atoms with van der Waals surface area (Å²) in [5.41, 5.74) is 2.88. The molecule has 0 amide bonds. The van der Waals surface area contributed by atoms with Crippen LogP contribution in [0.15, 0.2) is 24.4 Å². The van der Waals surface area contributed by atoms with E-state index >= 15 is 0 Å². The fourth-order valence-corrected chi connectivity index (χ4v) is 1.97. The van der Waals surface area contributed by atoms with Crippen LogP contribution in [0.5, 0.6) is 5.75 Å². The first kappa shape index (κ1) is 13.2. The lowest BCUT2D eigenvalue weighted by molar-refractivity contribution is 0.103. The molecule has 0 unspecified atom stereocenters. The molecule has 0 spiro atoms. The Morgan fingerprint density at radius 1 is 1.16 bits per heavy atom. The van der Waals surface area contributed by atoms with Gasteiger partial charge < -0.3 is 4.74 Å². The zero-order chi connectivity index (χ0) is 14.0. The molecule has 4 heteroatoms. The molecule has 0 N–H and O–H groups in total. The Kier molecular flexibility index (Phi) is 3.60. The Hall–Kier alpha value is -2.23. The maximum absolute atomic E-state index is 12.4. The molecule has 0 aliphatic heterocycles. The zero-order valence-corrected chi connectivity index (χ0v) is 11.5. The highest BCUT2D eigenvalue weighted by atomic mass is 16.5. The van der Waals surface area contributed by atoms with E-state index in [0.29, 0.717) is 17.1 Å². The molecule has 1 heterocycles. The molecule has 0 saturated carbocycles. The largest absolute Gasteiger partial charge is 0.496 e. The molecule has 0 atom stereocenters. The van der Waals surface area contributed by atoms with Crippen LogP contribution >= 0.6 is 0 Å². The van der Waals surface area contributed by atoms with Crippen molar-refractivity contribution in [3.05, 3.63) is 52.6 Å². The topological polar surface area (TPSA) is 52.1 Å². The first-order valence-electron chi connectivity index (χ1n) is 6.02. The van der Waals surface area contributed by atoms with Crippen LogP contribution in [0, 0.1) is 20.8 Å². The fourth-order valence-electron chi connectivity index (χ4n) is 1.97. The lowest BCUT2D eigenvalue weighted by Gasteiger charge is -2.10. The van der Waals surface area contributed by atoms with E-state index in [4.69, 9.17) is 4.74 Å². The second kappa shape index (κ2) is 5.18. The first-order chi connectivity index (χ1) is 9.02. The van der Waals surface area contributed by atoms with E-state index in [-0.39, 0.29) is 5.78 Å². The van der Waals surface area contributed by atoms with E-state index in [1.165, 1.54) is 0 Å². The van der Waals surface area contributed by atoms with Crippen molar-refractivity contribution in [2.24, 2.45) is 0 Å². The summed E-state index contributed by atoms with van der Waals surface area (Å²) in [6.07, 6.45) is 1.60. The predicted octanol–water partition coefficient (Wildman–Crippen LogP) is 2.64. The Labute approximate surface area is 112 Å². The van der Waals surface area contributed by atoms with Gasteiger partial charge in [-0.3, -0.25) is 4.79 Å². The molecule has 0 fully saturated rings. The lowest BCUT2D eigenvalue weighted by atomic mass is 9.99. The molecule has 0 radical (unpaired) electrons. The van der Waals surface area contributed by atoms with Gasteiger partial charge >= 0.3 is 0 Å². The number of benzene rings is 1. The van der Waals surface area contributed by atoms with Gasteiger partial charge in [0.05, 0.1) is 7.11 Å². The minimum Gasteiger partial charge on any atom is -0.496 e. The van der Waals surface area contributed by atoms with Gasteiger partial charge in [-0.05, 0) is 50.1 Å². The maximum atomic E-state index is 12.4. The molecule has 1 aromatic heterocycles. The quantitative estimate of drug-likeness (QED) is 0.792. The van der Waals surface area contributed by atoms with Crippen molar-refractivity contribution in [2.45, 2.75) is 20.8 Å². The maximum Gasteiger partial charge on any atom is 0.211 e. The van der Waals surface area contributed by atoms with Crippen LogP contribution in [0.25, 0.3) is 0 Å². The number of ether oxygens (including phenoxy) is 1. The first-order valence-corrected chi connectivity index (χ1v) is 6.02. The van der Waals surface area contributed by atoms with Crippen LogP contribution in [0.3, 0.4) is 0 Å². The van der Waals surface area contributed by atoms with Gasteiger partial charge in [0, 0.05) is 11.8 Å². The van der Waals surface area contributed by atoms with Crippen molar-refractivity contribution in [1.29, 1.82) is 0 Å². The van der Waals surface area contributed by atoms with Gasteiger partial charge in [0.1, 0.15) is 17.3 Å². The minimum absolute atomic E-state index is 0.0891. The molecule has 0 aliphatic carbocycles. The molecule has 98 valence electrons. The number of ketones is 1. The fraction of sp³-hybridized carbons (Fsp3) is 0.267. The van der Waals surface area contributed by atoms with Gasteiger partial charge in [0.2, 0.25) is 5.78 Å². The molecular formula is C15H16N2O2. The monoisotopic (exact) mass is 256 g/mol. The molecule has 0 aliphatic rings. The van der Waals surface area contributed by atoms with Gasteiger partial charge in [-0.15, -0.1) is 0 Å². The third-order valence-electron chi connectivity index (χ3n) is 3.00. The predicted molar refractivity (Wildman–Crippen MR) is 72.7 cm³/mol. The minimum atomic E-state index is -0.0891. The van der Waals surface area contributed by atoms with E-state index in [1.54, 1.807) is 26.3 Å². The number of carbonyl (C=O) groups excluding carboxylic acids is 1. The zero-order valence-electron chi connectivity index (χ0n) is 11.5. The summed E-state index contributed by atoms with van der Waals surface area (Å²) in [4.78, 5) is 20.6. The van der Waals surface area contributed by atoms with E-state index in [1.807, 2.05) is 26.0 Å². The van der Waals surface area contributed by atoms with Crippen LogP contribution in [0.4, 0.5) is 0 Å². The number of methoxy groups -OCH3 is 1. The second-order valence-electron chi connectivity index (χ2n) is 4.45. The number of carbonyl (C=O) groups is 1. The van der Waals surface area contributed by atoms with Gasteiger partial charge in [0.15, 0.2) is 0 Å². The van der Waals surface area contributed by atoms with Gasteiger partial charge in [-0.25, -0.2) is 9.97 Å². The normalized spacial score (nSPS) is 10.3. The highest BCUT2D eigenvalue weighted by molar-refractivity contribution is 6.08. The standard InChI is InChI=1S/C15H16N2O2/c1-9-8-14(19-4)10(2)7-12(9)15(18)13-5-6-16-11(3)17-13/h5-8H,1-4H3. The Morgan fingerprint density at radius 2 is 1.89 bits per heavy atom. The van der Waals surface area contributed by atoms with E-state index in [2.05, 4.69) is 9.97 Å². The third-order valence-corrected chi connectivity index (χ3v) is 3.00. The summed E-state index contributed by atoms with van der Waals surface area (Å²) in [6.45, 7) is 5.58. The van der Waals surface area contributed by atoms with E-state index in [0.717, 1.165) is 16.9 Å². The number of nitrogens with zero attached hydrogens (tertiary/aromatic N) is 2. The Morgan fingerprint density at radius 3 is 2.53 bits per heavy atom. The average molecular weight is 256 g/mol. The lowest BCUT2D eigenvalue weighted by Crippen LogP contribution is -2.08. The SMILES string of the molecule is COc1cc(C)c(C(=O)c2ccnc(C)n2)cc1C. The molecule has 1 aromatic carbocycles. The van der Waals surface area contributed by atoms with Gasteiger partial charge in [-0.1, -0.05) is 0 Å². The van der Waals surface area contributed by atoms with Crippen LogP contribution in [-0.4, -0.2) is 22.9 Å². The molecular weight excluding hydrogens is 240 g/mol. The number of rotatable bonds is 3. The highest BCUT2D eigenvalue weighted by Crippen LogP contribution is 2.23. The summed E-state index contributed by atoms with van der Waals surface area (Å²) in [6, 6.07) is 5.35. The molecule has 2 aromatic rings. The smallest absolute Gasteiger partial charge is 0.211 e. The van der Waals surface area contributed by atoms with Crippen molar-refractivity contribution >= 4 is 5.78 Å². The van der Waals surface area contributed by atoms with Crippen LogP contribution in [0.1, 0.15) is 33.0 Å². The van der Waals surface area contributed by atoms with Crippen molar-refractivity contribution in [3.8, 4) is 5.75 Å². The third kappa shape index (κ3) is 2.62. The van der Waals surface area contributed by atoms with Gasteiger partial charge in [-0.2, -0.15) is 0 Å². The number of aromatic nitrogens is 2. The van der Waals surface area contributed by atoms with Crippen LogP contribution < -0.4 is 4.74 Å². The molecule has 19 heavy (non-hydrogen) atoms. The number of aryl methyl sites for hydroxylation is 3. The van der Waals surface area contributed by atoms with Crippen molar-refractivity contribution in [3.63, 3.8) is 0 Å². The molecule has 2 rings (SSSR count). The summed E-state index contributed by atoms with van der Waals surface area (Å²) in [5, 5.41) is 0. The summed E-state index contributed by atoms with van der Waals surface area (Å²) in [7, 11) is 1.62. The number of hydrogen-bond acceptors (Lipinski definition) is 4. The summed E-state index contributed by atoms with van der Waals surface area (Å²) < 4.78 is 5.25. The Bertz CT molecular complexity index is 636. The van der Waals surface area contributed by atoms with Crippen LogP contribution in [0.2, 0.25) is 0 Å². The Balaban J connectivity index is 2.47. The van der Waals surface area contributed by atoms with Crippen LogP contribution in [-0.2, 0) is 0 Å².